The third-order valence-corrected chi connectivity index (χ3v) is 4.90. The molecule has 4 aromatic rings. The fraction of sp³-hybridized carbons (Fsp3) is 0.160. The van der Waals surface area contributed by atoms with E-state index in [9.17, 15) is 36.2 Å². The fourth-order valence-electron chi connectivity index (χ4n) is 2.93. The number of aliphatic carboxylic acids is 2. The molecule has 0 fully saturated rings. The van der Waals surface area contributed by atoms with Crippen molar-refractivity contribution in [3.8, 4) is 11.1 Å². The number of alkyl halides is 6. The molecule has 2 aromatic carbocycles. The summed E-state index contributed by atoms with van der Waals surface area (Å²) < 4.78 is 63.5. The number of halogens is 6. The maximum Gasteiger partial charge on any atom is 0.490 e. The van der Waals surface area contributed by atoms with Gasteiger partial charge < -0.3 is 20.6 Å². The van der Waals surface area contributed by atoms with Crippen LogP contribution < -0.4 is 5.32 Å². The number of pyridine rings is 1. The molecular formula is C25H20F6N4O6. The Morgan fingerprint density at radius 1 is 0.829 bits per heavy atom. The van der Waals surface area contributed by atoms with E-state index in [1.807, 2.05) is 48.5 Å². The van der Waals surface area contributed by atoms with Gasteiger partial charge in [-0.05, 0) is 29.3 Å². The Labute approximate surface area is 226 Å². The van der Waals surface area contributed by atoms with Crippen molar-refractivity contribution in [2.45, 2.75) is 18.5 Å². The molecule has 0 aliphatic rings. The van der Waals surface area contributed by atoms with Gasteiger partial charge >= 0.3 is 24.3 Å². The first-order valence-corrected chi connectivity index (χ1v) is 11.1. The number of aromatic amines is 1. The van der Waals surface area contributed by atoms with E-state index < -0.39 is 30.4 Å². The predicted octanol–water partition coefficient (Wildman–Crippen LogP) is 4.35. The van der Waals surface area contributed by atoms with E-state index in [4.69, 9.17) is 19.8 Å². The third kappa shape index (κ3) is 10.2. The number of amides is 1. The SMILES string of the molecule is O=C(NC[C@H](O)c1ccccc1)c1cncc(-c2ccc3[nH]ncc3c2)c1.O=C(O)C(F)(F)F.O=C(O)C(F)(F)F. The second-order valence-electron chi connectivity index (χ2n) is 7.88. The second-order valence-corrected chi connectivity index (χ2v) is 7.88. The Morgan fingerprint density at radius 3 is 1.98 bits per heavy atom. The molecule has 218 valence electrons. The minimum Gasteiger partial charge on any atom is -0.475 e. The highest BCUT2D eigenvalue weighted by Gasteiger charge is 2.38. The topological polar surface area (TPSA) is 165 Å². The van der Waals surface area contributed by atoms with Gasteiger partial charge in [-0.2, -0.15) is 31.4 Å². The molecule has 16 heteroatoms. The lowest BCUT2D eigenvalue weighted by molar-refractivity contribution is -0.193. The van der Waals surface area contributed by atoms with Crippen molar-refractivity contribution in [2.75, 3.05) is 6.54 Å². The largest absolute Gasteiger partial charge is 0.490 e. The van der Waals surface area contributed by atoms with Crippen molar-refractivity contribution < 1.29 is 56.0 Å². The normalized spacial score (nSPS) is 11.8. The van der Waals surface area contributed by atoms with Gasteiger partial charge in [0.1, 0.15) is 0 Å². The molecule has 10 nitrogen and oxygen atoms in total. The molecule has 1 atom stereocenters. The molecule has 1 amide bonds. The fourth-order valence-corrected chi connectivity index (χ4v) is 2.93. The highest BCUT2D eigenvalue weighted by atomic mass is 19.4. The summed E-state index contributed by atoms with van der Waals surface area (Å²) in [5, 5.41) is 35.1. The van der Waals surface area contributed by atoms with Crippen LogP contribution in [0, 0.1) is 0 Å². The van der Waals surface area contributed by atoms with Crippen molar-refractivity contribution in [2.24, 2.45) is 0 Å². The Hall–Kier alpha value is -4.99. The molecule has 0 radical (unpaired) electrons. The molecule has 0 spiro atoms. The lowest BCUT2D eigenvalue weighted by atomic mass is 10.0. The minimum absolute atomic E-state index is 0.133. The molecule has 0 unspecified atom stereocenters. The van der Waals surface area contributed by atoms with Crippen LogP contribution >= 0.6 is 0 Å². The third-order valence-electron chi connectivity index (χ3n) is 4.90. The number of hydrogen-bond acceptors (Lipinski definition) is 6. The van der Waals surface area contributed by atoms with Crippen LogP contribution in [0.1, 0.15) is 22.0 Å². The zero-order valence-corrected chi connectivity index (χ0v) is 20.4. The van der Waals surface area contributed by atoms with Crippen LogP contribution in [-0.2, 0) is 9.59 Å². The van der Waals surface area contributed by atoms with E-state index in [0.717, 1.165) is 27.6 Å². The molecule has 4 rings (SSSR count). The highest BCUT2D eigenvalue weighted by molar-refractivity contribution is 5.95. The zero-order valence-electron chi connectivity index (χ0n) is 20.4. The van der Waals surface area contributed by atoms with Crippen molar-refractivity contribution in [1.82, 2.24) is 20.5 Å². The lowest BCUT2D eigenvalue weighted by Gasteiger charge is -2.12. The van der Waals surface area contributed by atoms with Crippen LogP contribution in [0.5, 0.6) is 0 Å². The predicted molar refractivity (Wildman–Crippen MR) is 130 cm³/mol. The zero-order chi connectivity index (χ0) is 30.8. The van der Waals surface area contributed by atoms with E-state index >= 15 is 0 Å². The molecule has 0 aliphatic carbocycles. The number of H-pyrrole nitrogens is 1. The van der Waals surface area contributed by atoms with Crippen molar-refractivity contribution >= 4 is 28.7 Å². The number of fused-ring (bicyclic) bond motifs is 1. The first kappa shape index (κ1) is 32.2. The number of nitrogens with one attached hydrogen (secondary N) is 2. The number of carbonyl (C=O) groups is 3. The number of aromatic nitrogens is 3. The van der Waals surface area contributed by atoms with Gasteiger partial charge in [0.2, 0.25) is 0 Å². The Kier molecular flexibility index (Phi) is 10.9. The summed E-state index contributed by atoms with van der Waals surface area (Å²) in [4.78, 5) is 34.4. The number of hydrogen-bond donors (Lipinski definition) is 5. The Morgan fingerprint density at radius 2 is 1.41 bits per heavy atom. The molecule has 0 saturated heterocycles. The molecule has 41 heavy (non-hydrogen) atoms. The van der Waals surface area contributed by atoms with Crippen LogP contribution in [0.4, 0.5) is 26.3 Å². The van der Waals surface area contributed by atoms with Crippen LogP contribution in [0.15, 0.2) is 73.2 Å². The van der Waals surface area contributed by atoms with E-state index in [0.29, 0.717) is 5.56 Å². The van der Waals surface area contributed by atoms with Gasteiger partial charge in [0.15, 0.2) is 0 Å². The maximum atomic E-state index is 12.5. The number of nitrogens with zero attached hydrogens (tertiary/aromatic N) is 2. The number of aliphatic hydroxyl groups excluding tert-OH is 1. The highest BCUT2D eigenvalue weighted by Crippen LogP contribution is 2.23. The summed E-state index contributed by atoms with van der Waals surface area (Å²) in [5.74, 6) is -5.79. The number of benzene rings is 2. The van der Waals surface area contributed by atoms with Crippen LogP contribution in [0.3, 0.4) is 0 Å². The van der Waals surface area contributed by atoms with Gasteiger partial charge in [0, 0.05) is 29.9 Å². The average Bonchev–Trinajstić information content (AvgIpc) is 3.40. The molecule has 2 heterocycles. The van der Waals surface area contributed by atoms with Gasteiger partial charge in [-0.15, -0.1) is 0 Å². The van der Waals surface area contributed by atoms with Gasteiger partial charge in [-0.25, -0.2) is 9.59 Å². The van der Waals surface area contributed by atoms with Gasteiger partial charge in [-0.1, -0.05) is 36.4 Å². The molecule has 0 saturated carbocycles. The monoisotopic (exact) mass is 586 g/mol. The van der Waals surface area contributed by atoms with Gasteiger partial charge in [0.05, 0.1) is 23.4 Å². The summed E-state index contributed by atoms with van der Waals surface area (Å²) in [6, 6.07) is 16.9. The summed E-state index contributed by atoms with van der Waals surface area (Å²) in [6.45, 7) is 0.133. The van der Waals surface area contributed by atoms with Gasteiger partial charge in [0.25, 0.3) is 5.91 Å². The summed E-state index contributed by atoms with van der Waals surface area (Å²) in [7, 11) is 0. The minimum atomic E-state index is -5.08. The quantitative estimate of drug-likeness (QED) is 0.215. The molecule has 0 aliphatic heterocycles. The lowest BCUT2D eigenvalue weighted by Crippen LogP contribution is -2.28. The Bertz CT molecular complexity index is 1450. The first-order chi connectivity index (χ1) is 19.1. The Balaban J connectivity index is 0.000000349. The standard InChI is InChI=1S/C21H18N4O2.2C2HF3O2/c26-20(14-4-2-1-3-5-14)13-23-21(27)18-9-16(10-22-11-18)15-6-7-19-17(8-15)12-24-25-19;2*3-2(4,5)1(6)7/h1-12,20,26H,13H2,(H,23,27)(H,24,25);2*(H,6,7)/t20-;;/m0../s1. The van der Waals surface area contributed by atoms with E-state index in [2.05, 4.69) is 20.5 Å². The number of carboxylic acid groups (broad SMARTS) is 2. The number of carbonyl (C=O) groups excluding carboxylic acids is 1. The number of carboxylic acids is 2. The van der Waals surface area contributed by atoms with Crippen molar-refractivity contribution in [3.05, 3.63) is 84.3 Å². The summed E-state index contributed by atoms with van der Waals surface area (Å²) in [5.41, 5.74) is 3.96. The smallest absolute Gasteiger partial charge is 0.475 e. The van der Waals surface area contributed by atoms with Gasteiger partial charge in [-0.3, -0.25) is 14.9 Å². The summed E-state index contributed by atoms with van der Waals surface area (Å²) in [6.07, 6.45) is -5.93. The summed E-state index contributed by atoms with van der Waals surface area (Å²) >= 11 is 0. The number of aliphatic hydroxyl groups is 1. The molecule has 0 bridgehead atoms. The first-order valence-electron chi connectivity index (χ1n) is 11.1. The van der Waals surface area contributed by atoms with Crippen molar-refractivity contribution in [3.63, 3.8) is 0 Å². The second kappa shape index (κ2) is 13.9. The average molecular weight is 586 g/mol. The maximum absolute atomic E-state index is 12.5. The van der Waals surface area contributed by atoms with Crippen LogP contribution in [0.25, 0.3) is 22.0 Å². The van der Waals surface area contributed by atoms with Crippen LogP contribution in [-0.4, -0.2) is 67.2 Å². The van der Waals surface area contributed by atoms with Crippen LogP contribution in [0.2, 0.25) is 0 Å². The van der Waals surface area contributed by atoms with E-state index in [1.165, 1.54) is 6.20 Å². The van der Waals surface area contributed by atoms with E-state index in [-0.39, 0.29) is 12.5 Å². The molecule has 2 aromatic heterocycles. The van der Waals surface area contributed by atoms with Crippen molar-refractivity contribution in [1.29, 1.82) is 0 Å². The van der Waals surface area contributed by atoms with E-state index in [1.54, 1.807) is 18.5 Å². The number of rotatable bonds is 5. The molecule has 5 N–H and O–H groups in total. The molecular weight excluding hydrogens is 566 g/mol.